The Balaban J connectivity index is 1.42. The van der Waals surface area contributed by atoms with Gasteiger partial charge in [-0.3, -0.25) is 0 Å². The van der Waals surface area contributed by atoms with Gasteiger partial charge in [0.2, 0.25) is 0 Å². The van der Waals surface area contributed by atoms with Gasteiger partial charge < -0.3 is 19.9 Å². The molecule has 8 rings (SSSR count). The van der Waals surface area contributed by atoms with Gasteiger partial charge in [0, 0.05) is 60.9 Å². The molecular formula is C46H44N4. The number of benzene rings is 3. The largest absolute Gasteiger partial charge is 0.355 e. The van der Waals surface area contributed by atoms with Gasteiger partial charge in [0.25, 0.3) is 0 Å². The zero-order valence-corrected chi connectivity index (χ0v) is 29.7. The summed E-state index contributed by atoms with van der Waals surface area (Å²) in [6.45, 7) is 13.5. The average molecular weight is 653 g/mol. The van der Waals surface area contributed by atoms with Crippen molar-refractivity contribution in [2.24, 2.45) is 0 Å². The van der Waals surface area contributed by atoms with Gasteiger partial charge in [-0.05, 0) is 93.3 Å². The maximum absolute atomic E-state index is 3.86. The summed E-state index contributed by atoms with van der Waals surface area (Å²) in [6.07, 6.45) is 2.18. The van der Waals surface area contributed by atoms with Crippen LogP contribution in [-0.2, 0) is 10.8 Å². The summed E-state index contributed by atoms with van der Waals surface area (Å²) in [6, 6.07) is 46.2. The lowest BCUT2D eigenvalue weighted by atomic mass is 9.86. The molecule has 7 aromatic rings. The zero-order valence-electron chi connectivity index (χ0n) is 29.7. The lowest BCUT2D eigenvalue weighted by Crippen LogP contribution is -2.18. The molecular weight excluding hydrogens is 609 g/mol. The molecule has 3 aromatic carbocycles. The maximum atomic E-state index is 3.86. The van der Waals surface area contributed by atoms with Crippen LogP contribution in [0.1, 0.15) is 92.1 Å². The van der Waals surface area contributed by atoms with E-state index in [9.17, 15) is 0 Å². The molecule has 4 aromatic heterocycles. The summed E-state index contributed by atoms with van der Waals surface area (Å²) >= 11 is 0. The molecule has 0 unspecified atom stereocenters. The van der Waals surface area contributed by atoms with Crippen LogP contribution in [0.2, 0.25) is 0 Å². The highest BCUT2D eigenvalue weighted by Crippen LogP contribution is 2.29. The number of rotatable bonds is 3. The molecule has 248 valence electrons. The van der Waals surface area contributed by atoms with Gasteiger partial charge in [0.15, 0.2) is 0 Å². The van der Waals surface area contributed by atoms with Crippen molar-refractivity contribution in [2.75, 3.05) is 0 Å². The van der Waals surface area contributed by atoms with Crippen molar-refractivity contribution in [2.45, 2.75) is 52.4 Å². The molecule has 0 fully saturated rings. The van der Waals surface area contributed by atoms with Crippen LogP contribution in [-0.4, -0.2) is 19.9 Å². The molecule has 50 heavy (non-hydrogen) atoms. The molecule has 0 amide bonds. The lowest BCUT2D eigenvalue weighted by Gasteiger charge is -2.19. The smallest absolute Gasteiger partial charge is 0.0485 e. The molecule has 1 aliphatic heterocycles. The van der Waals surface area contributed by atoms with Crippen LogP contribution in [0.25, 0.3) is 22.8 Å². The summed E-state index contributed by atoms with van der Waals surface area (Å²) in [5.41, 5.74) is 13.8. The Labute approximate surface area is 293 Å². The minimum absolute atomic E-state index is 0.0777. The standard InChI is InChI=1S/C46H44N4/c1-45(2,3)32-16-12-30(13-17-32)43-36-22-20-34(47-36)28-35-21-23-37(48-35)44(31-14-18-33(19-15-31)46(4,5)6)41-27-25-39(50-41)42(29-10-8-7-9-11-29)38-24-26-40(43)49-38/h7-28,47-50H,1-6H3. The van der Waals surface area contributed by atoms with Gasteiger partial charge in [-0.25, -0.2) is 0 Å². The van der Waals surface area contributed by atoms with E-state index in [1.54, 1.807) is 0 Å². The SMILES string of the molecule is CC(C)(C)c1ccc(C2=c3ccc([nH]3)=Cc3ccc([nH]3)C(c3ccc(C(C)(C)C)cc3)=c3ccc([nH]3)=C(c3ccccc3)c3ccc2[nH]3)cc1. The van der Waals surface area contributed by atoms with E-state index >= 15 is 0 Å². The van der Waals surface area contributed by atoms with E-state index in [4.69, 9.17) is 0 Å². The Morgan fingerprint density at radius 3 is 1.32 bits per heavy atom. The number of H-pyrrole nitrogens is 4. The van der Waals surface area contributed by atoms with Gasteiger partial charge in [0.1, 0.15) is 0 Å². The van der Waals surface area contributed by atoms with E-state index < -0.39 is 0 Å². The van der Waals surface area contributed by atoms with Crippen molar-refractivity contribution in [1.82, 2.24) is 19.9 Å². The number of nitrogens with one attached hydrogen (secondary N) is 4. The lowest BCUT2D eigenvalue weighted by molar-refractivity contribution is 0.590. The summed E-state index contributed by atoms with van der Waals surface area (Å²) in [7, 11) is 0. The van der Waals surface area contributed by atoms with E-state index in [1.165, 1.54) is 11.1 Å². The first-order valence-electron chi connectivity index (χ1n) is 17.5. The fourth-order valence-corrected chi connectivity index (χ4v) is 7.07. The van der Waals surface area contributed by atoms with Crippen LogP contribution in [0, 0.1) is 0 Å². The van der Waals surface area contributed by atoms with Crippen LogP contribution in [0.4, 0.5) is 0 Å². The van der Waals surface area contributed by atoms with E-state index in [-0.39, 0.29) is 10.8 Å². The van der Waals surface area contributed by atoms with Crippen molar-refractivity contribution < 1.29 is 0 Å². The second kappa shape index (κ2) is 12.0. The third kappa shape index (κ3) is 5.92. The van der Waals surface area contributed by atoms with E-state index in [0.717, 1.165) is 77.6 Å². The minimum Gasteiger partial charge on any atom is -0.355 e. The number of fused-ring (bicyclic) bond motifs is 8. The molecule has 0 saturated carbocycles. The molecule has 8 bridgehead atoms. The summed E-state index contributed by atoms with van der Waals surface area (Å²) in [5, 5.41) is 4.19. The number of hydrogen-bond acceptors (Lipinski definition) is 0. The fourth-order valence-electron chi connectivity index (χ4n) is 7.07. The molecule has 0 atom stereocenters. The molecule has 0 radical (unpaired) electrons. The van der Waals surface area contributed by atoms with E-state index in [2.05, 4.69) is 195 Å². The second-order valence-corrected chi connectivity index (χ2v) is 15.5. The molecule has 0 aliphatic carbocycles. The zero-order chi connectivity index (χ0) is 34.6. The Kier molecular flexibility index (Phi) is 7.56. The van der Waals surface area contributed by atoms with Crippen LogP contribution in [0.5, 0.6) is 0 Å². The van der Waals surface area contributed by atoms with Crippen LogP contribution < -0.4 is 21.4 Å². The Hall–Kier alpha value is -5.74. The van der Waals surface area contributed by atoms with Crippen molar-refractivity contribution in [3.8, 4) is 0 Å². The van der Waals surface area contributed by atoms with Gasteiger partial charge in [0.05, 0.1) is 0 Å². The second-order valence-electron chi connectivity index (χ2n) is 15.5. The van der Waals surface area contributed by atoms with Crippen molar-refractivity contribution in [3.05, 3.63) is 199 Å². The average Bonchev–Trinajstić information content (AvgIpc) is 3.92. The first-order chi connectivity index (χ1) is 24.0. The van der Waals surface area contributed by atoms with Crippen LogP contribution in [0.15, 0.2) is 127 Å². The third-order valence-electron chi connectivity index (χ3n) is 9.86. The van der Waals surface area contributed by atoms with Gasteiger partial charge in [-0.1, -0.05) is 120 Å². The van der Waals surface area contributed by atoms with E-state index in [0.29, 0.717) is 0 Å². The predicted octanol–water partition coefficient (Wildman–Crippen LogP) is 7.48. The van der Waals surface area contributed by atoms with Gasteiger partial charge in [-0.2, -0.15) is 0 Å². The Bertz CT molecular complexity index is 2570. The quantitative estimate of drug-likeness (QED) is 0.153. The van der Waals surface area contributed by atoms with Crippen LogP contribution in [0.3, 0.4) is 0 Å². The molecule has 4 nitrogen and oxygen atoms in total. The molecule has 1 aliphatic rings. The fraction of sp³-hybridized carbons (Fsp3) is 0.174. The van der Waals surface area contributed by atoms with Gasteiger partial charge >= 0.3 is 0 Å². The molecule has 0 saturated heterocycles. The number of aromatic nitrogens is 4. The maximum Gasteiger partial charge on any atom is 0.0485 e. The van der Waals surface area contributed by atoms with Gasteiger partial charge in [-0.15, -0.1) is 0 Å². The van der Waals surface area contributed by atoms with Crippen molar-refractivity contribution >= 4 is 22.8 Å². The van der Waals surface area contributed by atoms with E-state index in [1.807, 2.05) is 0 Å². The van der Waals surface area contributed by atoms with Crippen LogP contribution >= 0.6 is 0 Å². The Morgan fingerprint density at radius 1 is 0.360 bits per heavy atom. The number of aromatic amines is 4. The first kappa shape index (κ1) is 31.5. The minimum atomic E-state index is 0.0777. The number of hydrogen-bond donors (Lipinski definition) is 4. The highest BCUT2D eigenvalue weighted by molar-refractivity contribution is 5.83. The highest BCUT2D eigenvalue weighted by atomic mass is 14.8. The highest BCUT2D eigenvalue weighted by Gasteiger charge is 2.19. The summed E-state index contributed by atoms with van der Waals surface area (Å²) in [4.78, 5) is 15.2. The van der Waals surface area contributed by atoms with Crippen molar-refractivity contribution in [1.29, 1.82) is 0 Å². The predicted molar refractivity (Wildman–Crippen MR) is 207 cm³/mol. The molecule has 4 heteroatoms. The topological polar surface area (TPSA) is 63.2 Å². The summed E-state index contributed by atoms with van der Waals surface area (Å²) in [5.74, 6) is 0. The Morgan fingerprint density at radius 2 is 0.800 bits per heavy atom. The normalized spacial score (nSPS) is 13.4. The molecule has 5 heterocycles. The monoisotopic (exact) mass is 652 g/mol. The third-order valence-corrected chi connectivity index (χ3v) is 9.86. The summed E-state index contributed by atoms with van der Waals surface area (Å²) < 4.78 is 0. The molecule has 4 N–H and O–H groups in total. The van der Waals surface area contributed by atoms with Crippen molar-refractivity contribution in [3.63, 3.8) is 0 Å². The first-order valence-corrected chi connectivity index (χ1v) is 17.5. The molecule has 0 spiro atoms.